The second-order valence-electron chi connectivity index (χ2n) is 8.06. The van der Waals surface area contributed by atoms with Crippen LogP contribution in [0.5, 0.6) is 0 Å². The highest BCUT2D eigenvalue weighted by Crippen LogP contribution is 2.47. The molecule has 1 unspecified atom stereocenters. The fourth-order valence-electron chi connectivity index (χ4n) is 4.39. The quantitative estimate of drug-likeness (QED) is 0.766. The average Bonchev–Trinajstić information content (AvgIpc) is 2.95. The van der Waals surface area contributed by atoms with Crippen LogP contribution in [0, 0.1) is 5.41 Å². The fourth-order valence-corrected chi connectivity index (χ4v) is 5.93. The molecule has 1 atom stereocenters. The Hall–Kier alpha value is -0.910. The van der Waals surface area contributed by atoms with E-state index in [-0.39, 0.29) is 16.7 Å². The van der Waals surface area contributed by atoms with Crippen LogP contribution in [0.2, 0.25) is 0 Å². The van der Waals surface area contributed by atoms with Gasteiger partial charge in [-0.15, -0.1) is 0 Å². The molecule has 1 aliphatic heterocycles. The number of rotatable bonds is 6. The first-order valence-corrected chi connectivity index (χ1v) is 11.1. The maximum absolute atomic E-state index is 12.9. The third-order valence-electron chi connectivity index (χ3n) is 5.83. The van der Waals surface area contributed by atoms with Gasteiger partial charge in [0.05, 0.1) is 18.5 Å². The Balaban J connectivity index is 1.69. The van der Waals surface area contributed by atoms with Crippen molar-refractivity contribution in [2.75, 3.05) is 13.2 Å². The summed E-state index contributed by atoms with van der Waals surface area (Å²) in [5.74, 6) is 0. The van der Waals surface area contributed by atoms with E-state index < -0.39 is 10.0 Å². The van der Waals surface area contributed by atoms with Crippen molar-refractivity contribution in [2.24, 2.45) is 5.41 Å². The lowest BCUT2D eigenvalue weighted by molar-refractivity contribution is 0.0853. The van der Waals surface area contributed by atoms with Gasteiger partial charge in [-0.1, -0.05) is 49.6 Å². The third kappa shape index (κ3) is 4.26. The van der Waals surface area contributed by atoms with Gasteiger partial charge in [0.25, 0.3) is 0 Å². The molecule has 0 radical (unpaired) electrons. The highest BCUT2D eigenvalue weighted by Gasteiger charge is 2.49. The summed E-state index contributed by atoms with van der Waals surface area (Å²) in [6.45, 7) is 5.28. The molecular weight excluding hydrogens is 334 g/mol. The van der Waals surface area contributed by atoms with E-state index in [1.54, 1.807) is 18.2 Å². The number of hydrogen-bond donors (Lipinski definition) is 0. The molecule has 25 heavy (non-hydrogen) atoms. The molecule has 1 aromatic carbocycles. The van der Waals surface area contributed by atoms with Crippen molar-refractivity contribution in [3.8, 4) is 0 Å². The van der Waals surface area contributed by atoms with Crippen LogP contribution in [0.3, 0.4) is 0 Å². The Kier molecular flexibility index (Phi) is 5.86. The summed E-state index contributed by atoms with van der Waals surface area (Å²) in [4.78, 5) is 0. The normalized spacial score (nSPS) is 24.2. The molecule has 5 heteroatoms. The molecule has 3 rings (SSSR count). The molecule has 4 nitrogen and oxygen atoms in total. The van der Waals surface area contributed by atoms with Crippen LogP contribution >= 0.6 is 0 Å². The molecule has 1 aromatic rings. The highest BCUT2D eigenvalue weighted by molar-refractivity contribution is 7.89. The molecule has 2 aliphatic rings. The molecule has 140 valence electrons. The van der Waals surface area contributed by atoms with Crippen molar-refractivity contribution in [1.82, 2.24) is 4.31 Å². The van der Waals surface area contributed by atoms with Crippen molar-refractivity contribution in [3.05, 3.63) is 35.9 Å². The van der Waals surface area contributed by atoms with E-state index in [0.717, 1.165) is 24.8 Å². The molecule has 0 aromatic heterocycles. The summed E-state index contributed by atoms with van der Waals surface area (Å²) in [6, 6.07) is 10.1. The van der Waals surface area contributed by atoms with Gasteiger partial charge in [-0.3, -0.25) is 0 Å². The molecule has 0 bridgehead atoms. The molecule has 2 fully saturated rings. The Morgan fingerprint density at radius 1 is 1.16 bits per heavy atom. The van der Waals surface area contributed by atoms with Crippen LogP contribution in [0.1, 0.15) is 57.9 Å². The second-order valence-corrected chi connectivity index (χ2v) is 10.5. The molecule has 0 N–H and O–H groups in total. The van der Waals surface area contributed by atoms with Crippen LogP contribution in [0.15, 0.2) is 30.3 Å². The minimum Gasteiger partial charge on any atom is -0.375 e. The summed E-state index contributed by atoms with van der Waals surface area (Å²) >= 11 is 0. The van der Waals surface area contributed by atoms with Crippen LogP contribution in [-0.2, 0) is 21.4 Å². The zero-order valence-electron chi connectivity index (χ0n) is 15.5. The third-order valence-corrected chi connectivity index (χ3v) is 8.10. The Morgan fingerprint density at radius 2 is 1.84 bits per heavy atom. The van der Waals surface area contributed by atoms with Gasteiger partial charge < -0.3 is 4.74 Å². The van der Waals surface area contributed by atoms with Crippen molar-refractivity contribution >= 4 is 10.0 Å². The predicted octanol–water partition coefficient (Wildman–Crippen LogP) is 3.97. The van der Waals surface area contributed by atoms with E-state index in [2.05, 4.69) is 0 Å². The van der Waals surface area contributed by atoms with Crippen LogP contribution < -0.4 is 0 Å². The average molecular weight is 366 g/mol. The van der Waals surface area contributed by atoms with E-state index in [1.165, 1.54) is 19.3 Å². The standard InChI is InChI=1S/C20H31NO3S/c1-17(2)25(22,23)21-16-20(11-7-4-8-12-20)13-19(21)15-24-14-18-9-5-3-6-10-18/h3,5-6,9-10,17,19H,4,7-8,11-16H2,1-2H3. The number of ether oxygens (including phenoxy) is 1. The van der Waals surface area contributed by atoms with Crippen LogP contribution in [0.4, 0.5) is 0 Å². The van der Waals surface area contributed by atoms with Crippen molar-refractivity contribution < 1.29 is 13.2 Å². The maximum Gasteiger partial charge on any atom is 0.216 e. The topological polar surface area (TPSA) is 46.6 Å². The lowest BCUT2D eigenvalue weighted by Crippen LogP contribution is -2.42. The van der Waals surface area contributed by atoms with Crippen molar-refractivity contribution in [2.45, 2.75) is 70.3 Å². The van der Waals surface area contributed by atoms with E-state index in [9.17, 15) is 8.42 Å². The van der Waals surface area contributed by atoms with Gasteiger partial charge >= 0.3 is 0 Å². The van der Waals surface area contributed by atoms with Gasteiger partial charge in [-0.05, 0) is 44.1 Å². The number of hydrogen-bond acceptors (Lipinski definition) is 3. The molecule has 1 saturated heterocycles. The van der Waals surface area contributed by atoms with E-state index in [0.29, 0.717) is 19.8 Å². The first kappa shape index (κ1) is 18.9. The first-order chi connectivity index (χ1) is 11.9. The summed E-state index contributed by atoms with van der Waals surface area (Å²) in [7, 11) is -3.24. The molecule has 0 amide bonds. The molecular formula is C20H31NO3S. The van der Waals surface area contributed by atoms with Gasteiger partial charge in [0, 0.05) is 12.6 Å². The summed E-state index contributed by atoms with van der Waals surface area (Å²) in [6.07, 6.45) is 7.01. The van der Waals surface area contributed by atoms with E-state index in [1.807, 2.05) is 30.3 Å². The summed E-state index contributed by atoms with van der Waals surface area (Å²) < 4.78 is 33.5. The van der Waals surface area contributed by atoms with Gasteiger partial charge in [0.1, 0.15) is 0 Å². The Bertz CT molecular complexity index is 651. The largest absolute Gasteiger partial charge is 0.375 e. The van der Waals surface area contributed by atoms with Gasteiger partial charge in [0.2, 0.25) is 10.0 Å². The van der Waals surface area contributed by atoms with Gasteiger partial charge in [-0.2, -0.15) is 4.31 Å². The monoisotopic (exact) mass is 365 g/mol. The number of benzene rings is 1. The minimum atomic E-state index is -3.24. The Labute approximate surface area is 152 Å². The predicted molar refractivity (Wildman–Crippen MR) is 101 cm³/mol. The van der Waals surface area contributed by atoms with Crippen molar-refractivity contribution in [3.63, 3.8) is 0 Å². The lowest BCUT2D eigenvalue weighted by atomic mass is 9.73. The van der Waals surface area contributed by atoms with Gasteiger partial charge in [-0.25, -0.2) is 8.42 Å². The van der Waals surface area contributed by atoms with E-state index >= 15 is 0 Å². The molecule has 1 spiro atoms. The smallest absolute Gasteiger partial charge is 0.216 e. The maximum atomic E-state index is 12.9. The number of sulfonamides is 1. The Morgan fingerprint density at radius 3 is 2.48 bits per heavy atom. The van der Waals surface area contributed by atoms with E-state index in [4.69, 9.17) is 4.74 Å². The fraction of sp³-hybridized carbons (Fsp3) is 0.700. The van der Waals surface area contributed by atoms with Gasteiger partial charge in [0.15, 0.2) is 0 Å². The second kappa shape index (κ2) is 7.77. The van der Waals surface area contributed by atoms with Crippen molar-refractivity contribution in [1.29, 1.82) is 0 Å². The van der Waals surface area contributed by atoms with Crippen LogP contribution in [-0.4, -0.2) is 37.2 Å². The molecule has 1 heterocycles. The molecule has 1 saturated carbocycles. The zero-order chi connectivity index (χ0) is 17.9. The SMILES string of the molecule is CC(C)S(=O)(=O)N1CC2(CCCCC2)CC1COCc1ccccc1. The minimum absolute atomic E-state index is 0.0192. The number of nitrogens with zero attached hydrogens (tertiary/aromatic N) is 1. The van der Waals surface area contributed by atoms with Crippen LogP contribution in [0.25, 0.3) is 0 Å². The first-order valence-electron chi connectivity index (χ1n) is 9.55. The highest BCUT2D eigenvalue weighted by atomic mass is 32.2. The summed E-state index contributed by atoms with van der Waals surface area (Å²) in [5.41, 5.74) is 1.31. The lowest BCUT2D eigenvalue weighted by Gasteiger charge is -2.33. The summed E-state index contributed by atoms with van der Waals surface area (Å²) in [5, 5.41) is -0.372. The zero-order valence-corrected chi connectivity index (χ0v) is 16.3. The molecule has 1 aliphatic carbocycles.